The average molecular weight is 325 g/mol. The van der Waals surface area contributed by atoms with Gasteiger partial charge in [0.15, 0.2) is 0 Å². The normalized spacial score (nSPS) is 25.7. The van der Waals surface area contributed by atoms with Gasteiger partial charge in [-0.05, 0) is 26.3 Å². The summed E-state index contributed by atoms with van der Waals surface area (Å²) in [5.74, 6) is -0.380. The molecule has 0 bridgehead atoms. The molecule has 22 heavy (non-hydrogen) atoms. The zero-order chi connectivity index (χ0) is 16.3. The van der Waals surface area contributed by atoms with E-state index in [1.807, 2.05) is 37.3 Å². The fraction of sp³-hybridized carbons (Fsp3) is 0.562. The Balaban J connectivity index is 2.49. The lowest BCUT2D eigenvalue weighted by Crippen LogP contribution is -2.29. The van der Waals surface area contributed by atoms with Crippen LogP contribution in [0.25, 0.3) is 0 Å². The third-order valence-electron chi connectivity index (χ3n) is 4.21. The summed E-state index contributed by atoms with van der Waals surface area (Å²) in [4.78, 5) is 14.3. The fourth-order valence-electron chi connectivity index (χ4n) is 3.09. The lowest BCUT2D eigenvalue weighted by Gasteiger charge is -2.27. The third-order valence-corrected chi connectivity index (χ3v) is 6.67. The highest BCUT2D eigenvalue weighted by molar-refractivity contribution is 7.55. The summed E-state index contributed by atoms with van der Waals surface area (Å²) >= 11 is 0. The number of nitrogens with zero attached hydrogens (tertiary/aromatic N) is 1. The average Bonchev–Trinajstić information content (AvgIpc) is 2.73. The van der Waals surface area contributed by atoms with E-state index in [9.17, 15) is 9.36 Å². The summed E-state index contributed by atoms with van der Waals surface area (Å²) in [6.07, 6.45) is 0. The van der Waals surface area contributed by atoms with Crippen molar-refractivity contribution in [2.45, 2.75) is 38.4 Å². The standard InChI is InChI=1S/C16H24NO4P/c1-5-20-22(19,21-6-2)15-14(12(3)17(4)16(15)18)13-10-8-7-9-11-13/h7-12,14-15H,5-6H2,1-4H3/t12-,14+,15+/m0/s1. The molecule has 0 aliphatic carbocycles. The Morgan fingerprint density at radius 2 is 1.68 bits per heavy atom. The topological polar surface area (TPSA) is 55.8 Å². The van der Waals surface area contributed by atoms with Crippen molar-refractivity contribution in [2.75, 3.05) is 20.3 Å². The number of hydrogen-bond donors (Lipinski definition) is 0. The molecule has 1 saturated heterocycles. The maximum atomic E-state index is 13.2. The molecule has 6 heteroatoms. The van der Waals surface area contributed by atoms with Gasteiger partial charge in [-0.2, -0.15) is 0 Å². The first-order valence-corrected chi connectivity index (χ1v) is 9.27. The molecule has 0 aromatic heterocycles. The Bertz CT molecular complexity index is 553. The molecule has 1 aromatic carbocycles. The van der Waals surface area contributed by atoms with Crippen LogP contribution in [0.2, 0.25) is 0 Å². The first-order chi connectivity index (χ1) is 10.5. The highest BCUT2D eigenvalue weighted by atomic mass is 31.2. The molecule has 0 saturated carbocycles. The van der Waals surface area contributed by atoms with Gasteiger partial charge in [0, 0.05) is 19.0 Å². The van der Waals surface area contributed by atoms with Crippen molar-refractivity contribution in [3.8, 4) is 0 Å². The zero-order valence-electron chi connectivity index (χ0n) is 13.6. The van der Waals surface area contributed by atoms with Crippen molar-refractivity contribution in [1.29, 1.82) is 0 Å². The van der Waals surface area contributed by atoms with Gasteiger partial charge in [0.1, 0.15) is 5.66 Å². The van der Waals surface area contributed by atoms with Crippen LogP contribution in [-0.2, 0) is 18.4 Å². The molecule has 1 heterocycles. The molecule has 1 aliphatic rings. The molecule has 3 atom stereocenters. The Morgan fingerprint density at radius 3 is 2.18 bits per heavy atom. The van der Waals surface area contributed by atoms with Gasteiger partial charge in [-0.3, -0.25) is 9.36 Å². The summed E-state index contributed by atoms with van der Waals surface area (Å²) in [6, 6.07) is 9.64. The highest BCUT2D eigenvalue weighted by Crippen LogP contribution is 2.61. The van der Waals surface area contributed by atoms with Gasteiger partial charge < -0.3 is 13.9 Å². The minimum Gasteiger partial charge on any atom is -0.342 e. The van der Waals surface area contributed by atoms with E-state index in [4.69, 9.17) is 9.05 Å². The minimum absolute atomic E-state index is 0.0610. The molecule has 1 aliphatic heterocycles. The molecule has 1 fully saturated rings. The fourth-order valence-corrected chi connectivity index (χ4v) is 5.48. The number of rotatable bonds is 6. The van der Waals surface area contributed by atoms with E-state index in [0.717, 1.165) is 5.56 Å². The van der Waals surface area contributed by atoms with Crippen molar-refractivity contribution in [3.05, 3.63) is 35.9 Å². The van der Waals surface area contributed by atoms with Gasteiger partial charge in [0.05, 0.1) is 13.2 Å². The van der Waals surface area contributed by atoms with Crippen molar-refractivity contribution in [1.82, 2.24) is 4.90 Å². The maximum Gasteiger partial charge on any atom is 0.343 e. The quantitative estimate of drug-likeness (QED) is 0.753. The number of likely N-dealkylation sites (tertiary alicyclic amines) is 1. The van der Waals surface area contributed by atoms with Gasteiger partial charge in [0.2, 0.25) is 5.91 Å². The molecule has 2 rings (SSSR count). The summed E-state index contributed by atoms with van der Waals surface area (Å²) in [7, 11) is -1.77. The first-order valence-electron chi connectivity index (χ1n) is 7.66. The lowest BCUT2D eigenvalue weighted by molar-refractivity contribution is -0.127. The molecule has 0 unspecified atom stereocenters. The van der Waals surface area contributed by atoms with Crippen LogP contribution >= 0.6 is 7.60 Å². The van der Waals surface area contributed by atoms with E-state index in [2.05, 4.69) is 0 Å². The SMILES string of the molecule is CCOP(=O)(OCC)[C@H]1C(=O)N(C)[C@@H](C)[C@@H]1c1ccccc1. The van der Waals surface area contributed by atoms with Gasteiger partial charge in [0.25, 0.3) is 0 Å². The zero-order valence-corrected chi connectivity index (χ0v) is 14.5. The number of benzene rings is 1. The second-order valence-corrected chi connectivity index (χ2v) is 7.60. The van der Waals surface area contributed by atoms with Crippen molar-refractivity contribution < 1.29 is 18.4 Å². The smallest absolute Gasteiger partial charge is 0.342 e. The summed E-state index contributed by atoms with van der Waals surface area (Å²) in [6.45, 7) is 5.99. The van der Waals surface area contributed by atoms with Crippen LogP contribution in [0.5, 0.6) is 0 Å². The predicted octanol–water partition coefficient (Wildman–Crippen LogP) is 3.27. The van der Waals surface area contributed by atoms with Crippen molar-refractivity contribution >= 4 is 13.5 Å². The number of carbonyl (C=O) groups is 1. The van der Waals surface area contributed by atoms with E-state index >= 15 is 0 Å². The van der Waals surface area contributed by atoms with E-state index in [-0.39, 0.29) is 31.1 Å². The van der Waals surface area contributed by atoms with Gasteiger partial charge in [-0.1, -0.05) is 30.3 Å². The molecule has 5 nitrogen and oxygen atoms in total. The van der Waals surface area contributed by atoms with Crippen molar-refractivity contribution in [2.24, 2.45) is 0 Å². The van der Waals surface area contributed by atoms with Crippen LogP contribution in [0, 0.1) is 0 Å². The Kier molecular flexibility index (Phi) is 5.43. The number of carbonyl (C=O) groups excluding carboxylic acids is 1. The highest BCUT2D eigenvalue weighted by Gasteiger charge is 2.55. The van der Waals surface area contributed by atoms with Gasteiger partial charge in [-0.25, -0.2) is 0 Å². The molecule has 1 amide bonds. The number of hydrogen-bond acceptors (Lipinski definition) is 4. The first kappa shape index (κ1) is 17.2. The van der Waals surface area contributed by atoms with Crippen LogP contribution < -0.4 is 0 Å². The van der Waals surface area contributed by atoms with Crippen LogP contribution in [-0.4, -0.2) is 42.8 Å². The van der Waals surface area contributed by atoms with Crippen LogP contribution in [0.3, 0.4) is 0 Å². The Hall–Kier alpha value is -1.16. The number of amides is 1. The molecule has 122 valence electrons. The monoisotopic (exact) mass is 325 g/mol. The molecule has 0 N–H and O–H groups in total. The third kappa shape index (κ3) is 2.98. The van der Waals surface area contributed by atoms with Crippen molar-refractivity contribution in [3.63, 3.8) is 0 Å². The lowest BCUT2D eigenvalue weighted by atomic mass is 9.92. The Morgan fingerprint density at radius 1 is 1.14 bits per heavy atom. The van der Waals surface area contributed by atoms with Gasteiger partial charge >= 0.3 is 7.60 Å². The van der Waals surface area contributed by atoms with E-state index in [0.29, 0.717) is 0 Å². The predicted molar refractivity (Wildman–Crippen MR) is 86.1 cm³/mol. The van der Waals surface area contributed by atoms with E-state index in [1.165, 1.54) is 0 Å². The molecule has 0 spiro atoms. The largest absolute Gasteiger partial charge is 0.343 e. The summed E-state index contributed by atoms with van der Waals surface area (Å²) < 4.78 is 24.1. The molecule has 1 aromatic rings. The van der Waals surface area contributed by atoms with E-state index in [1.54, 1.807) is 25.8 Å². The molecular formula is C16H24NO4P. The Labute approximate surface area is 132 Å². The molecule has 0 radical (unpaired) electrons. The van der Waals surface area contributed by atoms with Crippen LogP contribution in [0.4, 0.5) is 0 Å². The summed E-state index contributed by atoms with van der Waals surface area (Å²) in [5.41, 5.74) is 0.201. The molecular weight excluding hydrogens is 301 g/mol. The second kappa shape index (κ2) is 6.95. The second-order valence-electron chi connectivity index (χ2n) is 5.45. The maximum absolute atomic E-state index is 13.2. The van der Waals surface area contributed by atoms with Gasteiger partial charge in [-0.15, -0.1) is 0 Å². The van der Waals surface area contributed by atoms with Crippen LogP contribution in [0.1, 0.15) is 32.3 Å². The summed E-state index contributed by atoms with van der Waals surface area (Å²) in [5, 5.41) is 0. The van der Waals surface area contributed by atoms with Crippen LogP contribution in [0.15, 0.2) is 30.3 Å². The minimum atomic E-state index is -3.51. The van der Waals surface area contributed by atoms with E-state index < -0.39 is 13.3 Å². The number of likely N-dealkylation sites (N-methyl/N-ethyl adjacent to an activating group) is 1.